The van der Waals surface area contributed by atoms with Gasteiger partial charge in [-0.2, -0.15) is 0 Å². The first-order valence-corrected chi connectivity index (χ1v) is 6.35. The first-order valence-electron chi connectivity index (χ1n) is 6.35. The van der Waals surface area contributed by atoms with Crippen LogP contribution in [-0.2, 0) is 4.79 Å². The van der Waals surface area contributed by atoms with Crippen LogP contribution >= 0.6 is 0 Å². The molecule has 4 heteroatoms. The summed E-state index contributed by atoms with van der Waals surface area (Å²) in [5, 5.41) is 12.6. The van der Waals surface area contributed by atoms with Crippen LogP contribution in [-0.4, -0.2) is 48.7 Å². The number of carbonyl (C=O) groups is 1. The van der Waals surface area contributed by atoms with Crippen LogP contribution in [0.5, 0.6) is 0 Å². The number of nitrogens with one attached hydrogen (secondary N) is 1. The lowest BCUT2D eigenvalue weighted by molar-refractivity contribution is -0.136. The van der Waals surface area contributed by atoms with Crippen molar-refractivity contribution in [1.82, 2.24) is 10.2 Å². The van der Waals surface area contributed by atoms with E-state index in [-0.39, 0.29) is 17.9 Å². The first-order chi connectivity index (χ1) is 7.75. The number of hydrogen-bond acceptors (Lipinski definition) is 3. The van der Waals surface area contributed by atoms with Gasteiger partial charge < -0.3 is 15.3 Å². The first kappa shape index (κ1) is 10.5. The molecule has 2 heterocycles. The molecule has 1 saturated carbocycles. The van der Waals surface area contributed by atoms with Crippen molar-refractivity contribution in [3.8, 4) is 0 Å². The highest BCUT2D eigenvalue weighted by atomic mass is 16.3. The van der Waals surface area contributed by atoms with Crippen molar-refractivity contribution < 1.29 is 9.90 Å². The second-order valence-corrected chi connectivity index (χ2v) is 5.67. The Labute approximate surface area is 96.0 Å². The second kappa shape index (κ2) is 3.70. The number of rotatable bonds is 2. The summed E-state index contributed by atoms with van der Waals surface area (Å²) in [6.07, 6.45) is 3.67. The van der Waals surface area contributed by atoms with Gasteiger partial charge in [0.25, 0.3) is 0 Å². The van der Waals surface area contributed by atoms with Crippen LogP contribution in [0.2, 0.25) is 0 Å². The van der Waals surface area contributed by atoms with Crippen LogP contribution in [0.4, 0.5) is 0 Å². The van der Waals surface area contributed by atoms with Gasteiger partial charge in [-0.05, 0) is 18.3 Å². The van der Waals surface area contributed by atoms with E-state index in [4.69, 9.17) is 0 Å². The molecule has 1 amide bonds. The normalized spacial score (nSPS) is 32.6. The third-order valence-corrected chi connectivity index (χ3v) is 4.82. The standard InChI is InChI=1S/C12H20N2O2/c15-7-10-6-14(8-12(10)2-1-3-12)11(16)9-4-13-5-9/h9-10,13,15H,1-8H2/t10-/m0/s1. The highest BCUT2D eigenvalue weighted by molar-refractivity contribution is 5.80. The van der Waals surface area contributed by atoms with E-state index in [0.29, 0.717) is 11.8 Å². The lowest BCUT2D eigenvalue weighted by Crippen LogP contribution is -2.52. The molecule has 0 bridgehead atoms. The van der Waals surface area contributed by atoms with Crippen molar-refractivity contribution in [2.45, 2.75) is 19.3 Å². The average molecular weight is 224 g/mol. The molecule has 2 aliphatic heterocycles. The fourth-order valence-corrected chi connectivity index (χ4v) is 3.37. The molecule has 3 rings (SSSR count). The molecule has 0 unspecified atom stereocenters. The number of likely N-dealkylation sites (tertiary alicyclic amines) is 1. The smallest absolute Gasteiger partial charge is 0.228 e. The third kappa shape index (κ3) is 1.39. The topological polar surface area (TPSA) is 52.6 Å². The molecule has 1 spiro atoms. The Kier molecular flexibility index (Phi) is 2.44. The van der Waals surface area contributed by atoms with E-state index in [2.05, 4.69) is 5.32 Å². The zero-order valence-corrected chi connectivity index (χ0v) is 9.61. The van der Waals surface area contributed by atoms with Gasteiger partial charge in [-0.3, -0.25) is 4.79 Å². The SMILES string of the molecule is O=C(C1CNC1)N1C[C@@H](CO)C2(CCC2)C1. The fraction of sp³-hybridized carbons (Fsp3) is 0.917. The monoisotopic (exact) mass is 224 g/mol. The summed E-state index contributed by atoms with van der Waals surface area (Å²) >= 11 is 0. The van der Waals surface area contributed by atoms with E-state index in [9.17, 15) is 9.90 Å². The van der Waals surface area contributed by atoms with Crippen LogP contribution in [0.15, 0.2) is 0 Å². The minimum Gasteiger partial charge on any atom is -0.396 e. The maximum Gasteiger partial charge on any atom is 0.228 e. The van der Waals surface area contributed by atoms with Gasteiger partial charge in [0.05, 0.1) is 5.92 Å². The van der Waals surface area contributed by atoms with Gasteiger partial charge in [-0.1, -0.05) is 6.42 Å². The summed E-state index contributed by atoms with van der Waals surface area (Å²) < 4.78 is 0. The zero-order chi connectivity index (χ0) is 11.2. The third-order valence-electron chi connectivity index (χ3n) is 4.82. The van der Waals surface area contributed by atoms with Crippen molar-refractivity contribution in [2.24, 2.45) is 17.3 Å². The van der Waals surface area contributed by atoms with Crippen molar-refractivity contribution in [3.63, 3.8) is 0 Å². The van der Waals surface area contributed by atoms with Gasteiger partial charge in [-0.15, -0.1) is 0 Å². The summed E-state index contributed by atoms with van der Waals surface area (Å²) in [7, 11) is 0. The Morgan fingerprint density at radius 1 is 1.44 bits per heavy atom. The maximum absolute atomic E-state index is 12.1. The molecule has 90 valence electrons. The van der Waals surface area contributed by atoms with Gasteiger partial charge in [-0.25, -0.2) is 0 Å². The molecule has 3 fully saturated rings. The Balaban J connectivity index is 1.67. The van der Waals surface area contributed by atoms with E-state index >= 15 is 0 Å². The van der Waals surface area contributed by atoms with E-state index < -0.39 is 0 Å². The Morgan fingerprint density at radius 3 is 2.56 bits per heavy atom. The van der Waals surface area contributed by atoms with Crippen molar-refractivity contribution in [2.75, 3.05) is 32.8 Å². The van der Waals surface area contributed by atoms with Crippen LogP contribution in [0.25, 0.3) is 0 Å². The van der Waals surface area contributed by atoms with E-state index in [1.807, 2.05) is 4.90 Å². The predicted molar refractivity (Wildman–Crippen MR) is 59.8 cm³/mol. The molecule has 16 heavy (non-hydrogen) atoms. The number of aliphatic hydroxyl groups excluding tert-OH is 1. The zero-order valence-electron chi connectivity index (χ0n) is 9.61. The lowest BCUT2D eigenvalue weighted by Gasteiger charge is -2.42. The summed E-state index contributed by atoms with van der Waals surface area (Å²) in [4.78, 5) is 14.1. The summed E-state index contributed by atoms with van der Waals surface area (Å²) in [5.41, 5.74) is 0.279. The van der Waals surface area contributed by atoms with Gasteiger partial charge in [0.15, 0.2) is 0 Å². The van der Waals surface area contributed by atoms with Crippen LogP contribution < -0.4 is 5.32 Å². The van der Waals surface area contributed by atoms with E-state index in [1.54, 1.807) is 0 Å². The van der Waals surface area contributed by atoms with Gasteiger partial charge in [0.2, 0.25) is 5.91 Å². The predicted octanol–water partition coefficient (Wildman–Crippen LogP) is -0.173. The van der Waals surface area contributed by atoms with Crippen molar-refractivity contribution >= 4 is 5.91 Å². The van der Waals surface area contributed by atoms with Gasteiger partial charge in [0.1, 0.15) is 0 Å². The molecule has 3 aliphatic rings. The lowest BCUT2D eigenvalue weighted by atomic mass is 9.63. The molecule has 0 aromatic rings. The Morgan fingerprint density at radius 2 is 2.19 bits per heavy atom. The molecule has 0 aromatic heterocycles. The molecular weight excluding hydrogens is 204 g/mol. The Hall–Kier alpha value is -0.610. The van der Waals surface area contributed by atoms with Crippen molar-refractivity contribution in [1.29, 1.82) is 0 Å². The molecule has 2 saturated heterocycles. The molecular formula is C12H20N2O2. The van der Waals surface area contributed by atoms with E-state index in [0.717, 1.165) is 26.2 Å². The minimum atomic E-state index is 0.203. The van der Waals surface area contributed by atoms with Crippen LogP contribution in [0, 0.1) is 17.3 Å². The molecule has 1 atom stereocenters. The summed E-state index contributed by atoms with van der Waals surface area (Å²) in [6, 6.07) is 0. The highest BCUT2D eigenvalue weighted by Crippen LogP contribution is 2.51. The number of hydrogen-bond donors (Lipinski definition) is 2. The average Bonchev–Trinajstić information content (AvgIpc) is 2.53. The number of carbonyl (C=O) groups excluding carboxylic acids is 1. The molecule has 0 aromatic carbocycles. The van der Waals surface area contributed by atoms with Gasteiger partial charge in [0, 0.05) is 38.7 Å². The molecule has 1 aliphatic carbocycles. The molecule has 2 N–H and O–H groups in total. The van der Waals surface area contributed by atoms with E-state index in [1.165, 1.54) is 19.3 Å². The molecule has 4 nitrogen and oxygen atoms in total. The summed E-state index contributed by atoms with van der Waals surface area (Å²) in [6.45, 7) is 3.60. The minimum absolute atomic E-state index is 0.203. The maximum atomic E-state index is 12.1. The summed E-state index contributed by atoms with van der Waals surface area (Å²) in [5.74, 6) is 0.841. The second-order valence-electron chi connectivity index (χ2n) is 5.67. The number of nitrogens with zero attached hydrogens (tertiary/aromatic N) is 1. The molecule has 0 radical (unpaired) electrons. The Bertz CT molecular complexity index is 297. The largest absolute Gasteiger partial charge is 0.396 e. The van der Waals surface area contributed by atoms with Crippen LogP contribution in [0.3, 0.4) is 0 Å². The van der Waals surface area contributed by atoms with Crippen molar-refractivity contribution in [3.05, 3.63) is 0 Å². The van der Waals surface area contributed by atoms with Gasteiger partial charge >= 0.3 is 0 Å². The van der Waals surface area contributed by atoms with Crippen LogP contribution in [0.1, 0.15) is 19.3 Å². The quantitative estimate of drug-likeness (QED) is 0.684. The fourth-order valence-electron chi connectivity index (χ4n) is 3.37. The number of aliphatic hydroxyl groups is 1. The highest BCUT2D eigenvalue weighted by Gasteiger charge is 2.51. The number of amides is 1.